The molecule has 0 spiro atoms. The Morgan fingerprint density at radius 2 is 2.03 bits per heavy atom. The molecule has 1 aliphatic rings. The Morgan fingerprint density at radius 3 is 2.90 bits per heavy atom. The van der Waals surface area contributed by atoms with Gasteiger partial charge in [-0.15, -0.1) is 11.3 Å². The van der Waals surface area contributed by atoms with Gasteiger partial charge in [-0.3, -0.25) is 4.79 Å². The summed E-state index contributed by atoms with van der Waals surface area (Å²) in [5.41, 5.74) is 8.24. The average molecular weight is 430 g/mol. The molecule has 2 aromatic carbocycles. The van der Waals surface area contributed by atoms with E-state index in [9.17, 15) is 4.79 Å². The van der Waals surface area contributed by atoms with Gasteiger partial charge < -0.3 is 10.6 Å². The molecule has 1 aliphatic carbocycles. The summed E-state index contributed by atoms with van der Waals surface area (Å²) in [5, 5.41) is 6.51. The maximum atomic E-state index is 11.4. The van der Waals surface area contributed by atoms with Gasteiger partial charge in [0.15, 0.2) is 0 Å². The number of hydrogen-bond donors (Lipinski definition) is 2. The molecule has 2 aromatic heterocycles. The summed E-state index contributed by atoms with van der Waals surface area (Å²) in [7, 11) is 0. The number of hydrogen-bond acceptors (Lipinski definition) is 6. The van der Waals surface area contributed by atoms with E-state index in [-0.39, 0.29) is 11.9 Å². The van der Waals surface area contributed by atoms with E-state index in [2.05, 4.69) is 49.9 Å². The van der Waals surface area contributed by atoms with Crippen LogP contribution in [0.5, 0.6) is 0 Å². The molecule has 2 heterocycles. The fourth-order valence-corrected chi connectivity index (χ4v) is 4.94. The van der Waals surface area contributed by atoms with Crippen LogP contribution in [-0.4, -0.2) is 20.9 Å². The monoisotopic (exact) mass is 429 g/mol. The van der Waals surface area contributed by atoms with Crippen LogP contribution in [0.25, 0.3) is 21.5 Å². The van der Waals surface area contributed by atoms with Gasteiger partial charge in [-0.2, -0.15) is 0 Å². The molecule has 0 fully saturated rings. The highest BCUT2D eigenvalue weighted by Gasteiger charge is 2.21. The van der Waals surface area contributed by atoms with Crippen molar-refractivity contribution >= 4 is 39.0 Å². The first-order valence-electron chi connectivity index (χ1n) is 10.4. The molecule has 156 valence electrons. The van der Waals surface area contributed by atoms with Crippen LogP contribution in [0.4, 0.5) is 11.5 Å². The Balaban J connectivity index is 1.44. The number of fused-ring (bicyclic) bond motifs is 2. The number of thiazole rings is 1. The lowest BCUT2D eigenvalue weighted by molar-refractivity contribution is -0.114. The van der Waals surface area contributed by atoms with Crippen LogP contribution in [0.2, 0.25) is 0 Å². The third-order valence-corrected chi connectivity index (χ3v) is 6.36. The average Bonchev–Trinajstić information content (AvgIpc) is 3.21. The molecule has 5 rings (SSSR count). The van der Waals surface area contributed by atoms with E-state index in [4.69, 9.17) is 0 Å². The molecule has 0 radical (unpaired) electrons. The largest absolute Gasteiger partial charge is 0.363 e. The highest BCUT2D eigenvalue weighted by atomic mass is 32.1. The molecular formula is C24H23N5OS. The predicted molar refractivity (Wildman–Crippen MR) is 125 cm³/mol. The molecule has 0 saturated carbocycles. The van der Waals surface area contributed by atoms with Crippen LogP contribution in [0, 0.1) is 6.92 Å². The summed E-state index contributed by atoms with van der Waals surface area (Å²) in [4.78, 5) is 25.1. The lowest BCUT2D eigenvalue weighted by Gasteiger charge is -2.27. The first-order valence-corrected chi connectivity index (χ1v) is 11.3. The Kier molecular flexibility index (Phi) is 5.11. The van der Waals surface area contributed by atoms with E-state index in [0.29, 0.717) is 0 Å². The Morgan fingerprint density at radius 1 is 1.13 bits per heavy atom. The second-order valence-corrected chi connectivity index (χ2v) is 8.79. The van der Waals surface area contributed by atoms with Crippen LogP contribution in [0.1, 0.15) is 42.8 Å². The Labute approximate surface area is 184 Å². The molecule has 1 amide bonds. The number of anilines is 2. The zero-order chi connectivity index (χ0) is 21.4. The molecule has 31 heavy (non-hydrogen) atoms. The number of nitrogens with one attached hydrogen (secondary N) is 2. The maximum Gasteiger partial charge on any atom is 0.221 e. The number of aromatic nitrogens is 3. The summed E-state index contributed by atoms with van der Waals surface area (Å²) in [6, 6.07) is 14.6. The number of carbonyl (C=O) groups is 1. The number of amides is 1. The Bertz CT molecular complexity index is 1280. The van der Waals surface area contributed by atoms with Gasteiger partial charge in [0.05, 0.1) is 27.5 Å². The van der Waals surface area contributed by atoms with E-state index < -0.39 is 0 Å². The molecule has 1 atom stereocenters. The molecule has 7 heteroatoms. The van der Waals surface area contributed by atoms with Gasteiger partial charge in [-0.05, 0) is 61.6 Å². The quantitative estimate of drug-likeness (QED) is 0.447. The standard InChI is InChI=1S/C24H23N5OS/c1-14-26-22(17-6-9-21-23(11-17)31-13-25-21)12-24(27-14)29-20-5-3-4-16-10-18(28-15(2)30)7-8-19(16)20/h6-13,20H,3-5H2,1-2H3,(H,28,30)(H,26,27,29). The zero-order valence-electron chi connectivity index (χ0n) is 17.5. The van der Waals surface area contributed by atoms with Crippen molar-refractivity contribution in [1.82, 2.24) is 15.0 Å². The maximum absolute atomic E-state index is 11.4. The van der Waals surface area contributed by atoms with Gasteiger partial charge in [0.2, 0.25) is 5.91 Å². The molecule has 6 nitrogen and oxygen atoms in total. The van der Waals surface area contributed by atoms with Gasteiger partial charge >= 0.3 is 0 Å². The normalized spacial score (nSPS) is 15.5. The summed E-state index contributed by atoms with van der Waals surface area (Å²) in [6.45, 7) is 3.46. The summed E-state index contributed by atoms with van der Waals surface area (Å²) < 4.78 is 1.15. The highest BCUT2D eigenvalue weighted by Crippen LogP contribution is 2.34. The molecule has 0 bridgehead atoms. The van der Waals surface area contributed by atoms with Crippen molar-refractivity contribution in [1.29, 1.82) is 0 Å². The highest BCUT2D eigenvalue weighted by molar-refractivity contribution is 7.16. The van der Waals surface area contributed by atoms with Crippen molar-refractivity contribution in [2.24, 2.45) is 0 Å². The molecule has 2 N–H and O–H groups in total. The minimum Gasteiger partial charge on any atom is -0.363 e. The lowest BCUT2D eigenvalue weighted by Crippen LogP contribution is -2.19. The predicted octanol–water partition coefficient (Wildman–Crippen LogP) is 5.51. The van der Waals surface area contributed by atoms with Crippen LogP contribution in [0.15, 0.2) is 48.0 Å². The van der Waals surface area contributed by atoms with Crippen molar-refractivity contribution < 1.29 is 4.79 Å². The molecule has 0 saturated heterocycles. The fraction of sp³-hybridized carbons (Fsp3) is 0.250. The smallest absolute Gasteiger partial charge is 0.221 e. The number of nitrogens with zero attached hydrogens (tertiary/aromatic N) is 3. The molecule has 4 aromatic rings. The first-order chi connectivity index (χ1) is 15.0. The van der Waals surface area contributed by atoms with E-state index in [1.807, 2.05) is 30.6 Å². The third kappa shape index (κ3) is 4.14. The van der Waals surface area contributed by atoms with E-state index in [1.54, 1.807) is 11.3 Å². The van der Waals surface area contributed by atoms with Gasteiger partial charge in [-0.25, -0.2) is 15.0 Å². The zero-order valence-corrected chi connectivity index (χ0v) is 18.3. The number of benzene rings is 2. The number of carbonyl (C=O) groups excluding carboxylic acids is 1. The fourth-order valence-electron chi connectivity index (χ4n) is 4.23. The van der Waals surface area contributed by atoms with Crippen molar-refractivity contribution in [3.8, 4) is 11.3 Å². The molecule has 0 aliphatic heterocycles. The number of rotatable bonds is 4. The van der Waals surface area contributed by atoms with Crippen LogP contribution in [0.3, 0.4) is 0 Å². The molecule has 1 unspecified atom stereocenters. The van der Waals surface area contributed by atoms with Crippen molar-refractivity contribution in [2.75, 3.05) is 10.6 Å². The van der Waals surface area contributed by atoms with Gasteiger partial charge in [-0.1, -0.05) is 12.1 Å². The second-order valence-electron chi connectivity index (χ2n) is 7.90. The van der Waals surface area contributed by atoms with E-state index >= 15 is 0 Å². The van der Waals surface area contributed by atoms with E-state index in [0.717, 1.165) is 58.1 Å². The topological polar surface area (TPSA) is 79.8 Å². The second kappa shape index (κ2) is 8.07. The summed E-state index contributed by atoms with van der Waals surface area (Å²) >= 11 is 1.63. The van der Waals surface area contributed by atoms with Gasteiger partial charge in [0.25, 0.3) is 0 Å². The Hall–Kier alpha value is -3.32. The third-order valence-electron chi connectivity index (χ3n) is 5.56. The van der Waals surface area contributed by atoms with E-state index in [1.165, 1.54) is 18.1 Å². The summed E-state index contributed by atoms with van der Waals surface area (Å²) in [6.07, 6.45) is 3.15. The molecular weight excluding hydrogens is 406 g/mol. The minimum absolute atomic E-state index is 0.0501. The lowest BCUT2D eigenvalue weighted by atomic mass is 9.87. The van der Waals surface area contributed by atoms with Crippen LogP contribution < -0.4 is 10.6 Å². The summed E-state index contributed by atoms with van der Waals surface area (Å²) in [5.74, 6) is 1.52. The minimum atomic E-state index is -0.0501. The van der Waals surface area contributed by atoms with Crippen molar-refractivity contribution in [2.45, 2.75) is 39.2 Å². The van der Waals surface area contributed by atoms with Gasteiger partial charge in [0.1, 0.15) is 11.6 Å². The van der Waals surface area contributed by atoms with Crippen molar-refractivity contribution in [3.63, 3.8) is 0 Å². The SMILES string of the molecule is CC(=O)Nc1ccc2c(c1)CCCC2Nc1cc(-c2ccc3ncsc3c2)nc(C)n1. The first kappa shape index (κ1) is 19.6. The number of aryl methyl sites for hydroxylation is 2. The van der Waals surface area contributed by atoms with Crippen LogP contribution in [-0.2, 0) is 11.2 Å². The van der Waals surface area contributed by atoms with Gasteiger partial charge in [0, 0.05) is 24.2 Å². The van der Waals surface area contributed by atoms with Crippen LogP contribution >= 0.6 is 11.3 Å². The van der Waals surface area contributed by atoms with Crippen molar-refractivity contribution in [3.05, 3.63) is 64.9 Å².